The molecule has 1 aromatic heterocycles. The van der Waals surface area contributed by atoms with Crippen molar-refractivity contribution in [1.29, 1.82) is 0 Å². The van der Waals surface area contributed by atoms with Gasteiger partial charge in [-0.3, -0.25) is 0 Å². The maximum absolute atomic E-state index is 5.71. The van der Waals surface area contributed by atoms with Crippen molar-refractivity contribution < 1.29 is 4.74 Å². The molecule has 1 aliphatic rings. The molecule has 4 heteroatoms. The molecule has 0 amide bonds. The van der Waals surface area contributed by atoms with E-state index in [0.29, 0.717) is 6.10 Å². The van der Waals surface area contributed by atoms with Crippen LogP contribution in [0.3, 0.4) is 0 Å². The van der Waals surface area contributed by atoms with Crippen LogP contribution in [0.5, 0.6) is 5.75 Å². The van der Waals surface area contributed by atoms with Crippen LogP contribution in [0.2, 0.25) is 0 Å². The maximum Gasteiger partial charge on any atom is 0.161 e. The standard InChI is InChI=1S/C10H14N2OS/c1-11-8-5-10(14-2)12-6-9(8)13-7-3-4-7/h5-7H,3-4H2,1-2H3,(H,11,12). The fourth-order valence-corrected chi connectivity index (χ4v) is 1.58. The van der Waals surface area contributed by atoms with E-state index in [9.17, 15) is 0 Å². The van der Waals surface area contributed by atoms with E-state index in [2.05, 4.69) is 10.3 Å². The molecular weight excluding hydrogens is 196 g/mol. The highest BCUT2D eigenvalue weighted by atomic mass is 32.2. The van der Waals surface area contributed by atoms with E-state index >= 15 is 0 Å². The number of nitrogens with one attached hydrogen (secondary N) is 1. The molecule has 0 atom stereocenters. The third kappa shape index (κ3) is 2.12. The zero-order valence-electron chi connectivity index (χ0n) is 8.41. The van der Waals surface area contributed by atoms with Crippen LogP contribution < -0.4 is 10.1 Å². The molecule has 1 saturated carbocycles. The summed E-state index contributed by atoms with van der Waals surface area (Å²) < 4.78 is 5.71. The molecule has 3 nitrogen and oxygen atoms in total. The van der Waals surface area contributed by atoms with Gasteiger partial charge in [-0.15, -0.1) is 11.8 Å². The lowest BCUT2D eigenvalue weighted by Gasteiger charge is -2.10. The number of rotatable bonds is 4. The van der Waals surface area contributed by atoms with Crippen LogP contribution in [0.25, 0.3) is 0 Å². The van der Waals surface area contributed by atoms with Gasteiger partial charge in [0.25, 0.3) is 0 Å². The van der Waals surface area contributed by atoms with Gasteiger partial charge < -0.3 is 10.1 Å². The zero-order chi connectivity index (χ0) is 9.97. The van der Waals surface area contributed by atoms with Crippen molar-refractivity contribution in [2.24, 2.45) is 0 Å². The first kappa shape index (κ1) is 9.65. The summed E-state index contributed by atoms with van der Waals surface area (Å²) in [6.07, 6.45) is 6.59. The number of pyridine rings is 1. The molecule has 2 rings (SSSR count). The number of aromatic nitrogens is 1. The SMILES string of the molecule is CNc1cc(SC)ncc1OC1CC1. The van der Waals surface area contributed by atoms with Crippen LogP contribution in [0.1, 0.15) is 12.8 Å². The first-order chi connectivity index (χ1) is 6.83. The minimum absolute atomic E-state index is 0.420. The van der Waals surface area contributed by atoms with Crippen molar-refractivity contribution in [1.82, 2.24) is 4.98 Å². The second-order valence-electron chi connectivity index (χ2n) is 3.29. The molecule has 1 N–H and O–H groups in total. The summed E-state index contributed by atoms with van der Waals surface area (Å²) in [6, 6.07) is 2.02. The molecule has 0 aromatic carbocycles. The summed E-state index contributed by atoms with van der Waals surface area (Å²) in [7, 11) is 1.90. The fourth-order valence-electron chi connectivity index (χ4n) is 1.19. The molecule has 1 fully saturated rings. The van der Waals surface area contributed by atoms with Crippen LogP contribution in [0, 0.1) is 0 Å². The smallest absolute Gasteiger partial charge is 0.161 e. The van der Waals surface area contributed by atoms with Crippen molar-refractivity contribution in [3.63, 3.8) is 0 Å². The highest BCUT2D eigenvalue weighted by molar-refractivity contribution is 7.98. The minimum atomic E-state index is 0.420. The Hall–Kier alpha value is -0.900. The summed E-state index contributed by atoms with van der Waals surface area (Å²) in [5.41, 5.74) is 1.02. The monoisotopic (exact) mass is 210 g/mol. The van der Waals surface area contributed by atoms with Gasteiger partial charge in [-0.1, -0.05) is 0 Å². The third-order valence-corrected chi connectivity index (χ3v) is 2.78. The van der Waals surface area contributed by atoms with E-state index in [1.165, 1.54) is 12.8 Å². The Kier molecular flexibility index (Phi) is 2.82. The Labute approximate surface area is 88.3 Å². The average Bonchev–Trinajstić information content (AvgIpc) is 3.02. The van der Waals surface area contributed by atoms with E-state index in [-0.39, 0.29) is 0 Å². The van der Waals surface area contributed by atoms with E-state index in [1.54, 1.807) is 18.0 Å². The normalized spacial score (nSPS) is 15.3. The van der Waals surface area contributed by atoms with Gasteiger partial charge in [-0.2, -0.15) is 0 Å². The second-order valence-corrected chi connectivity index (χ2v) is 4.12. The highest BCUT2D eigenvalue weighted by Gasteiger charge is 2.24. The third-order valence-electron chi connectivity index (χ3n) is 2.14. The average molecular weight is 210 g/mol. The molecule has 0 unspecified atom stereocenters. The van der Waals surface area contributed by atoms with Crippen LogP contribution in [0.4, 0.5) is 5.69 Å². The summed E-state index contributed by atoms with van der Waals surface area (Å²) >= 11 is 1.63. The molecular formula is C10H14N2OS. The zero-order valence-corrected chi connectivity index (χ0v) is 9.23. The minimum Gasteiger partial charge on any atom is -0.487 e. The Morgan fingerprint density at radius 1 is 1.57 bits per heavy atom. The summed E-state index contributed by atoms with van der Waals surface area (Å²) in [4.78, 5) is 4.28. The number of anilines is 1. The Morgan fingerprint density at radius 2 is 2.36 bits per heavy atom. The molecule has 0 radical (unpaired) electrons. The van der Waals surface area contributed by atoms with Crippen molar-refractivity contribution in [2.75, 3.05) is 18.6 Å². The molecule has 1 aromatic rings. The molecule has 0 bridgehead atoms. The van der Waals surface area contributed by atoms with Crippen molar-refractivity contribution in [3.05, 3.63) is 12.3 Å². The predicted molar refractivity (Wildman–Crippen MR) is 59.2 cm³/mol. The van der Waals surface area contributed by atoms with Crippen LogP contribution in [-0.4, -0.2) is 24.4 Å². The number of hydrogen-bond acceptors (Lipinski definition) is 4. The van der Waals surface area contributed by atoms with Crippen LogP contribution in [-0.2, 0) is 0 Å². The molecule has 0 spiro atoms. The van der Waals surface area contributed by atoms with Crippen molar-refractivity contribution in [2.45, 2.75) is 24.0 Å². The quantitative estimate of drug-likeness (QED) is 0.774. The number of thioether (sulfide) groups is 1. The lowest BCUT2D eigenvalue weighted by molar-refractivity contribution is 0.303. The van der Waals surface area contributed by atoms with Gasteiger partial charge in [0.05, 0.1) is 23.0 Å². The van der Waals surface area contributed by atoms with Gasteiger partial charge in [0.2, 0.25) is 0 Å². The van der Waals surface area contributed by atoms with Crippen LogP contribution in [0.15, 0.2) is 17.3 Å². The lowest BCUT2D eigenvalue weighted by atomic mass is 10.4. The second kappa shape index (κ2) is 4.09. The van der Waals surface area contributed by atoms with E-state index in [0.717, 1.165) is 16.5 Å². The van der Waals surface area contributed by atoms with Gasteiger partial charge in [-0.05, 0) is 25.2 Å². The topological polar surface area (TPSA) is 34.2 Å². The van der Waals surface area contributed by atoms with Gasteiger partial charge in [0, 0.05) is 7.05 Å². The Morgan fingerprint density at radius 3 is 2.93 bits per heavy atom. The van der Waals surface area contributed by atoms with Crippen molar-refractivity contribution in [3.8, 4) is 5.75 Å². The van der Waals surface area contributed by atoms with Gasteiger partial charge in [0.1, 0.15) is 0 Å². The summed E-state index contributed by atoms with van der Waals surface area (Å²) in [5, 5.41) is 4.14. The van der Waals surface area contributed by atoms with Gasteiger partial charge >= 0.3 is 0 Å². The Bertz CT molecular complexity index is 326. The van der Waals surface area contributed by atoms with Crippen LogP contribution >= 0.6 is 11.8 Å². The molecule has 0 saturated heterocycles. The summed E-state index contributed by atoms with van der Waals surface area (Å²) in [6.45, 7) is 0. The van der Waals surface area contributed by atoms with E-state index in [4.69, 9.17) is 4.74 Å². The number of hydrogen-bond donors (Lipinski definition) is 1. The van der Waals surface area contributed by atoms with Gasteiger partial charge in [0.15, 0.2) is 5.75 Å². The first-order valence-corrected chi connectivity index (χ1v) is 5.94. The Balaban J connectivity index is 2.19. The molecule has 76 valence electrons. The highest BCUT2D eigenvalue weighted by Crippen LogP contribution is 2.32. The van der Waals surface area contributed by atoms with Crippen molar-refractivity contribution >= 4 is 17.4 Å². The number of ether oxygens (including phenoxy) is 1. The predicted octanol–water partition coefficient (Wildman–Crippen LogP) is 2.39. The molecule has 0 aliphatic heterocycles. The summed E-state index contributed by atoms with van der Waals surface area (Å²) in [5.74, 6) is 0.868. The molecule has 14 heavy (non-hydrogen) atoms. The fraction of sp³-hybridized carbons (Fsp3) is 0.500. The lowest BCUT2D eigenvalue weighted by Crippen LogP contribution is -2.01. The largest absolute Gasteiger partial charge is 0.487 e. The van der Waals surface area contributed by atoms with Gasteiger partial charge in [-0.25, -0.2) is 4.98 Å². The number of nitrogens with zero attached hydrogens (tertiary/aromatic N) is 1. The molecule has 1 aliphatic carbocycles. The molecule has 1 heterocycles. The van der Waals surface area contributed by atoms with E-state index < -0.39 is 0 Å². The maximum atomic E-state index is 5.71. The van der Waals surface area contributed by atoms with E-state index in [1.807, 2.05) is 19.4 Å². The first-order valence-electron chi connectivity index (χ1n) is 4.72.